The van der Waals surface area contributed by atoms with Crippen LogP contribution >= 0.6 is 0 Å². The first-order valence-corrected chi connectivity index (χ1v) is 7.15. The van der Waals surface area contributed by atoms with Gasteiger partial charge in [-0.15, -0.1) is 0 Å². The Morgan fingerprint density at radius 1 is 1.00 bits per heavy atom. The molecule has 0 spiro atoms. The Hall–Kier alpha value is -2.01. The lowest BCUT2D eigenvalue weighted by Crippen LogP contribution is -2.03. The van der Waals surface area contributed by atoms with E-state index >= 15 is 0 Å². The van der Waals surface area contributed by atoms with Crippen LogP contribution < -0.4 is 0 Å². The molecule has 0 bridgehead atoms. The van der Waals surface area contributed by atoms with E-state index in [4.69, 9.17) is 0 Å². The molecule has 0 heterocycles. The molecule has 0 radical (unpaired) electrons. The van der Waals surface area contributed by atoms with E-state index in [1.807, 2.05) is 0 Å². The van der Waals surface area contributed by atoms with Crippen LogP contribution in [0, 0.1) is 13.8 Å². The van der Waals surface area contributed by atoms with Crippen LogP contribution in [0.4, 0.5) is 0 Å². The van der Waals surface area contributed by atoms with Crippen molar-refractivity contribution in [2.24, 2.45) is 0 Å². The van der Waals surface area contributed by atoms with E-state index in [0.717, 1.165) is 5.56 Å². The van der Waals surface area contributed by atoms with E-state index in [1.165, 1.54) is 24.3 Å². The van der Waals surface area contributed by atoms with Crippen molar-refractivity contribution in [1.29, 1.82) is 0 Å². The van der Waals surface area contributed by atoms with E-state index in [9.17, 15) is 18.6 Å². The minimum Gasteiger partial charge on any atom is -0.506 e. The number of phenols is 2. The van der Waals surface area contributed by atoms with Gasteiger partial charge in [0.15, 0.2) is 4.90 Å². The van der Waals surface area contributed by atoms with Gasteiger partial charge in [0.1, 0.15) is 11.5 Å². The zero-order valence-corrected chi connectivity index (χ0v) is 11.4. The van der Waals surface area contributed by atoms with Crippen LogP contribution in [-0.2, 0) is 9.84 Å². The minimum absolute atomic E-state index is 0.0451. The molecule has 19 heavy (non-hydrogen) atoms. The SMILES string of the molecule is Cc1cccc(S(=O)(=O)c2c(O)ccc(C)c2O)c1. The summed E-state index contributed by atoms with van der Waals surface area (Å²) in [5, 5.41) is 19.6. The van der Waals surface area contributed by atoms with Crippen LogP contribution in [0.15, 0.2) is 46.2 Å². The number of rotatable bonds is 2. The van der Waals surface area contributed by atoms with Crippen LogP contribution in [0.5, 0.6) is 11.5 Å². The topological polar surface area (TPSA) is 74.6 Å². The maximum Gasteiger partial charge on any atom is 0.213 e. The van der Waals surface area contributed by atoms with Gasteiger partial charge in [-0.05, 0) is 43.2 Å². The van der Waals surface area contributed by atoms with Crippen molar-refractivity contribution < 1.29 is 18.6 Å². The van der Waals surface area contributed by atoms with Crippen LogP contribution in [0.2, 0.25) is 0 Å². The maximum absolute atomic E-state index is 12.5. The highest BCUT2D eigenvalue weighted by Crippen LogP contribution is 2.37. The van der Waals surface area contributed by atoms with E-state index in [1.54, 1.807) is 26.0 Å². The van der Waals surface area contributed by atoms with Crippen LogP contribution in [0.3, 0.4) is 0 Å². The molecule has 100 valence electrons. The molecular weight excluding hydrogens is 264 g/mol. The third-order valence-electron chi connectivity index (χ3n) is 2.88. The third kappa shape index (κ3) is 2.29. The van der Waals surface area contributed by atoms with Crippen molar-refractivity contribution in [3.8, 4) is 11.5 Å². The molecule has 0 atom stereocenters. The molecule has 0 fully saturated rings. The lowest BCUT2D eigenvalue weighted by atomic mass is 10.2. The number of aromatic hydroxyl groups is 2. The predicted octanol–water partition coefficient (Wildman–Crippen LogP) is 2.55. The summed E-state index contributed by atoms with van der Waals surface area (Å²) in [6.45, 7) is 3.35. The molecule has 0 unspecified atom stereocenters. The largest absolute Gasteiger partial charge is 0.506 e. The number of phenolic OH excluding ortho intramolecular Hbond substituents is 2. The first-order valence-electron chi connectivity index (χ1n) is 5.67. The van der Waals surface area contributed by atoms with Gasteiger partial charge in [-0.3, -0.25) is 0 Å². The van der Waals surface area contributed by atoms with Crippen molar-refractivity contribution in [3.63, 3.8) is 0 Å². The minimum atomic E-state index is -3.95. The number of benzene rings is 2. The van der Waals surface area contributed by atoms with E-state index in [-0.39, 0.29) is 4.90 Å². The highest BCUT2D eigenvalue weighted by atomic mass is 32.2. The summed E-state index contributed by atoms with van der Waals surface area (Å²) in [4.78, 5) is -0.401. The quantitative estimate of drug-likeness (QED) is 0.885. The lowest BCUT2D eigenvalue weighted by molar-refractivity contribution is 0.420. The second-order valence-electron chi connectivity index (χ2n) is 4.40. The molecule has 2 aromatic rings. The normalized spacial score (nSPS) is 11.5. The smallest absolute Gasteiger partial charge is 0.213 e. The Morgan fingerprint density at radius 2 is 1.68 bits per heavy atom. The van der Waals surface area contributed by atoms with Gasteiger partial charge in [0.25, 0.3) is 0 Å². The highest BCUT2D eigenvalue weighted by Gasteiger charge is 2.26. The molecule has 0 aliphatic carbocycles. The number of aryl methyl sites for hydroxylation is 2. The first kappa shape index (κ1) is 13.4. The summed E-state index contributed by atoms with van der Waals surface area (Å²) in [7, 11) is -3.95. The fourth-order valence-corrected chi connectivity index (χ4v) is 3.42. The second kappa shape index (κ2) is 4.59. The van der Waals surface area contributed by atoms with E-state index < -0.39 is 26.2 Å². The maximum atomic E-state index is 12.5. The standard InChI is InChI=1S/C14H14O4S/c1-9-4-3-5-11(8-9)19(17,18)14-12(15)7-6-10(2)13(14)16/h3-8,15-16H,1-2H3. The Kier molecular flexibility index (Phi) is 3.24. The molecule has 4 nitrogen and oxygen atoms in total. The molecule has 2 N–H and O–H groups in total. The van der Waals surface area contributed by atoms with Crippen LogP contribution in [0.25, 0.3) is 0 Å². The Labute approximate surface area is 111 Å². The summed E-state index contributed by atoms with van der Waals surface area (Å²) >= 11 is 0. The monoisotopic (exact) mass is 278 g/mol. The van der Waals surface area contributed by atoms with Crippen molar-refractivity contribution in [2.75, 3.05) is 0 Å². The fraction of sp³-hybridized carbons (Fsp3) is 0.143. The zero-order valence-electron chi connectivity index (χ0n) is 10.6. The predicted molar refractivity (Wildman–Crippen MR) is 71.1 cm³/mol. The van der Waals surface area contributed by atoms with Gasteiger partial charge in [-0.25, -0.2) is 8.42 Å². The molecule has 5 heteroatoms. The molecule has 2 rings (SSSR count). The van der Waals surface area contributed by atoms with E-state index in [2.05, 4.69) is 0 Å². The molecule has 0 saturated heterocycles. The van der Waals surface area contributed by atoms with Crippen LogP contribution in [-0.4, -0.2) is 18.6 Å². The summed E-state index contributed by atoms with van der Waals surface area (Å²) in [6.07, 6.45) is 0. The van der Waals surface area contributed by atoms with Gasteiger partial charge in [0, 0.05) is 0 Å². The molecule has 0 saturated carbocycles. The molecular formula is C14H14O4S. The fourth-order valence-electron chi connectivity index (χ4n) is 1.82. The average molecular weight is 278 g/mol. The van der Waals surface area contributed by atoms with Crippen molar-refractivity contribution >= 4 is 9.84 Å². The third-order valence-corrected chi connectivity index (χ3v) is 4.70. The van der Waals surface area contributed by atoms with Crippen molar-refractivity contribution in [1.82, 2.24) is 0 Å². The number of hydrogen-bond donors (Lipinski definition) is 2. The average Bonchev–Trinajstić information content (AvgIpc) is 2.34. The van der Waals surface area contributed by atoms with Gasteiger partial charge < -0.3 is 10.2 Å². The highest BCUT2D eigenvalue weighted by molar-refractivity contribution is 7.91. The number of sulfone groups is 1. The zero-order chi connectivity index (χ0) is 14.2. The Morgan fingerprint density at radius 3 is 2.32 bits per heavy atom. The summed E-state index contributed by atoms with van der Waals surface area (Å²) in [5.41, 5.74) is 1.18. The Bertz CT molecular complexity index is 733. The first-order chi connectivity index (χ1) is 8.84. The molecule has 2 aromatic carbocycles. The number of hydrogen-bond acceptors (Lipinski definition) is 4. The summed E-state index contributed by atoms with van der Waals surface area (Å²) in [5.74, 6) is -0.869. The molecule has 0 aliphatic heterocycles. The second-order valence-corrected chi connectivity index (χ2v) is 6.29. The molecule has 0 aromatic heterocycles. The Balaban J connectivity index is 2.74. The molecule has 0 aliphatic rings. The lowest BCUT2D eigenvalue weighted by Gasteiger charge is -2.11. The van der Waals surface area contributed by atoms with Crippen molar-refractivity contribution in [2.45, 2.75) is 23.6 Å². The van der Waals surface area contributed by atoms with Crippen molar-refractivity contribution in [3.05, 3.63) is 47.5 Å². The van der Waals surface area contributed by atoms with E-state index in [0.29, 0.717) is 5.56 Å². The summed E-state index contributed by atoms with van der Waals surface area (Å²) < 4.78 is 24.9. The van der Waals surface area contributed by atoms with Gasteiger partial charge in [0.2, 0.25) is 9.84 Å². The molecule has 0 amide bonds. The van der Waals surface area contributed by atoms with Gasteiger partial charge in [-0.2, -0.15) is 0 Å². The van der Waals surface area contributed by atoms with Crippen LogP contribution in [0.1, 0.15) is 11.1 Å². The van der Waals surface area contributed by atoms with Gasteiger partial charge in [-0.1, -0.05) is 18.2 Å². The van der Waals surface area contributed by atoms with Gasteiger partial charge in [0.05, 0.1) is 4.90 Å². The van der Waals surface area contributed by atoms with Gasteiger partial charge >= 0.3 is 0 Å². The summed E-state index contributed by atoms with van der Waals surface area (Å²) in [6, 6.07) is 9.04.